The molecule has 4 aromatic rings. The summed E-state index contributed by atoms with van der Waals surface area (Å²) < 4.78 is 11.7. The average molecular weight is 377 g/mol. The van der Waals surface area contributed by atoms with Crippen LogP contribution in [0.5, 0.6) is 0 Å². The number of fused-ring (bicyclic) bond motifs is 1. The Bertz CT molecular complexity index is 1250. The zero-order valence-corrected chi connectivity index (χ0v) is 14.6. The molecule has 0 aliphatic rings. The van der Waals surface area contributed by atoms with E-state index in [9.17, 15) is 14.4 Å². The Morgan fingerprint density at radius 1 is 1.07 bits per heavy atom. The van der Waals surface area contributed by atoms with Gasteiger partial charge in [0, 0.05) is 18.0 Å². The van der Waals surface area contributed by atoms with Crippen LogP contribution in [0.1, 0.15) is 10.4 Å². The number of amides is 1. The van der Waals surface area contributed by atoms with Crippen molar-refractivity contribution in [2.75, 3.05) is 6.54 Å². The van der Waals surface area contributed by atoms with Gasteiger partial charge < -0.3 is 14.2 Å². The summed E-state index contributed by atoms with van der Waals surface area (Å²) >= 11 is 0. The van der Waals surface area contributed by atoms with Crippen molar-refractivity contribution in [3.05, 3.63) is 87.2 Å². The fourth-order valence-corrected chi connectivity index (χ4v) is 2.76. The first-order chi connectivity index (χ1) is 13.6. The van der Waals surface area contributed by atoms with Crippen molar-refractivity contribution in [3.63, 3.8) is 0 Å². The lowest BCUT2D eigenvalue weighted by atomic mass is 10.2. The fraction of sp³-hybridized carbons (Fsp3) is 0.100. The number of para-hydroxylation sites is 1. The molecular weight excluding hydrogens is 362 g/mol. The summed E-state index contributed by atoms with van der Waals surface area (Å²) in [6, 6.07) is 14.8. The number of hydrogen-bond acceptors (Lipinski definition) is 6. The van der Waals surface area contributed by atoms with E-state index in [1.807, 2.05) is 0 Å². The molecule has 0 spiro atoms. The Balaban J connectivity index is 1.48. The van der Waals surface area contributed by atoms with E-state index in [-0.39, 0.29) is 24.2 Å². The largest absolute Gasteiger partial charge is 0.463 e. The lowest BCUT2D eigenvalue weighted by molar-refractivity contribution is 0.0948. The molecule has 8 heteroatoms. The number of nitrogens with zero attached hydrogens (tertiary/aromatic N) is 2. The van der Waals surface area contributed by atoms with Crippen molar-refractivity contribution in [1.82, 2.24) is 15.1 Å². The minimum atomic E-state index is -0.716. The van der Waals surface area contributed by atoms with Crippen molar-refractivity contribution in [3.8, 4) is 11.5 Å². The number of aromatic nitrogens is 2. The van der Waals surface area contributed by atoms with Crippen molar-refractivity contribution < 1.29 is 13.6 Å². The van der Waals surface area contributed by atoms with E-state index in [2.05, 4.69) is 10.4 Å². The number of benzene rings is 1. The highest BCUT2D eigenvalue weighted by Crippen LogP contribution is 2.15. The van der Waals surface area contributed by atoms with Gasteiger partial charge in [-0.2, -0.15) is 5.10 Å². The Kier molecular flexibility index (Phi) is 4.59. The van der Waals surface area contributed by atoms with Crippen molar-refractivity contribution >= 4 is 16.9 Å². The zero-order valence-electron chi connectivity index (χ0n) is 14.6. The summed E-state index contributed by atoms with van der Waals surface area (Å²) in [7, 11) is 0. The molecule has 1 amide bonds. The molecule has 0 bridgehead atoms. The third-order valence-corrected chi connectivity index (χ3v) is 4.14. The van der Waals surface area contributed by atoms with Crippen molar-refractivity contribution in [2.45, 2.75) is 6.54 Å². The molecular formula is C20H15N3O5. The topological polar surface area (TPSA) is 107 Å². The number of furan rings is 1. The van der Waals surface area contributed by atoms with Gasteiger partial charge >= 0.3 is 5.63 Å². The molecule has 0 atom stereocenters. The molecule has 1 aromatic carbocycles. The Morgan fingerprint density at radius 2 is 1.93 bits per heavy atom. The molecule has 28 heavy (non-hydrogen) atoms. The maximum Gasteiger partial charge on any atom is 0.349 e. The van der Waals surface area contributed by atoms with Gasteiger partial charge in [0.2, 0.25) is 0 Å². The van der Waals surface area contributed by atoms with E-state index in [1.54, 1.807) is 42.5 Å². The molecule has 3 aromatic heterocycles. The monoisotopic (exact) mass is 377 g/mol. The van der Waals surface area contributed by atoms with Crippen LogP contribution >= 0.6 is 0 Å². The molecule has 0 aliphatic carbocycles. The van der Waals surface area contributed by atoms with Gasteiger partial charge in [-0.3, -0.25) is 9.59 Å². The summed E-state index contributed by atoms with van der Waals surface area (Å²) in [5.41, 5.74) is -0.204. The van der Waals surface area contributed by atoms with E-state index in [4.69, 9.17) is 8.83 Å². The van der Waals surface area contributed by atoms with Crippen LogP contribution in [0.25, 0.3) is 22.4 Å². The maximum absolute atomic E-state index is 12.3. The van der Waals surface area contributed by atoms with Gasteiger partial charge in [-0.15, -0.1) is 0 Å². The summed E-state index contributed by atoms with van der Waals surface area (Å²) in [6.07, 6.45) is 1.52. The number of carbonyl (C=O) groups excluding carboxylic acids is 1. The normalized spacial score (nSPS) is 10.9. The second-order valence-electron chi connectivity index (χ2n) is 6.00. The van der Waals surface area contributed by atoms with Crippen LogP contribution in [0, 0.1) is 0 Å². The average Bonchev–Trinajstić information content (AvgIpc) is 3.23. The maximum atomic E-state index is 12.3. The van der Waals surface area contributed by atoms with Gasteiger partial charge in [-0.05, 0) is 30.3 Å². The SMILES string of the molecule is O=C(NCCn1nc(-c2ccco2)ccc1=O)c1cc2ccccc2oc1=O. The predicted octanol–water partition coefficient (Wildman–Crippen LogP) is 2.04. The summed E-state index contributed by atoms with van der Waals surface area (Å²) in [5, 5.41) is 7.48. The molecule has 0 unspecified atom stereocenters. The van der Waals surface area contributed by atoms with E-state index in [0.29, 0.717) is 22.4 Å². The third kappa shape index (κ3) is 3.48. The van der Waals surface area contributed by atoms with Gasteiger partial charge in [-0.1, -0.05) is 18.2 Å². The molecule has 8 nitrogen and oxygen atoms in total. The van der Waals surface area contributed by atoms with E-state index >= 15 is 0 Å². The second kappa shape index (κ2) is 7.36. The van der Waals surface area contributed by atoms with Gasteiger partial charge in [0.1, 0.15) is 16.8 Å². The van der Waals surface area contributed by atoms with Gasteiger partial charge in [-0.25, -0.2) is 9.48 Å². The Labute approximate surface area is 158 Å². The first-order valence-electron chi connectivity index (χ1n) is 8.55. The van der Waals surface area contributed by atoms with Gasteiger partial charge in [0.15, 0.2) is 5.76 Å². The van der Waals surface area contributed by atoms with Gasteiger partial charge in [0.05, 0.1) is 12.8 Å². The zero-order chi connectivity index (χ0) is 19.5. The molecule has 1 N–H and O–H groups in total. The molecule has 0 saturated carbocycles. The van der Waals surface area contributed by atoms with Crippen LogP contribution in [0.2, 0.25) is 0 Å². The first-order valence-corrected chi connectivity index (χ1v) is 8.55. The molecule has 0 saturated heterocycles. The van der Waals surface area contributed by atoms with Gasteiger partial charge in [0.25, 0.3) is 11.5 Å². The minimum absolute atomic E-state index is 0.0941. The van der Waals surface area contributed by atoms with Crippen molar-refractivity contribution in [1.29, 1.82) is 0 Å². The highest BCUT2D eigenvalue weighted by molar-refractivity contribution is 5.96. The standard InChI is InChI=1S/C20H15N3O5/c24-18-8-7-15(17-6-3-11-27-17)22-23(18)10-9-21-19(25)14-12-13-4-1-2-5-16(13)28-20(14)26/h1-8,11-12H,9-10H2,(H,21,25). The second-order valence-corrected chi connectivity index (χ2v) is 6.00. The van der Waals surface area contributed by atoms with Crippen molar-refractivity contribution in [2.24, 2.45) is 0 Å². The summed E-state index contributed by atoms with van der Waals surface area (Å²) in [5.74, 6) is -0.0405. The third-order valence-electron chi connectivity index (χ3n) is 4.14. The lowest BCUT2D eigenvalue weighted by Crippen LogP contribution is -2.33. The predicted molar refractivity (Wildman–Crippen MR) is 101 cm³/mol. The molecule has 0 aliphatic heterocycles. The van der Waals surface area contributed by atoms with Crippen LogP contribution in [0.4, 0.5) is 0 Å². The highest BCUT2D eigenvalue weighted by Gasteiger charge is 2.13. The van der Waals surface area contributed by atoms with Crippen LogP contribution in [0.15, 0.2) is 79.3 Å². The summed E-state index contributed by atoms with van der Waals surface area (Å²) in [6.45, 7) is 0.248. The van der Waals surface area contributed by atoms with Crippen LogP contribution in [-0.4, -0.2) is 22.2 Å². The molecule has 140 valence electrons. The van der Waals surface area contributed by atoms with Crippen LogP contribution < -0.4 is 16.5 Å². The number of carbonyl (C=O) groups is 1. The van der Waals surface area contributed by atoms with E-state index in [0.717, 1.165) is 0 Å². The smallest absolute Gasteiger partial charge is 0.349 e. The Morgan fingerprint density at radius 3 is 2.75 bits per heavy atom. The molecule has 4 rings (SSSR count). The Hall–Kier alpha value is -3.94. The van der Waals surface area contributed by atoms with E-state index < -0.39 is 11.5 Å². The quantitative estimate of drug-likeness (QED) is 0.533. The van der Waals surface area contributed by atoms with E-state index in [1.165, 1.54) is 23.1 Å². The fourth-order valence-electron chi connectivity index (χ4n) is 2.76. The highest BCUT2D eigenvalue weighted by atomic mass is 16.4. The molecule has 3 heterocycles. The minimum Gasteiger partial charge on any atom is -0.463 e. The van der Waals surface area contributed by atoms with Crippen LogP contribution in [0.3, 0.4) is 0 Å². The number of rotatable bonds is 5. The first kappa shape index (κ1) is 17.5. The number of nitrogens with one attached hydrogen (secondary N) is 1. The van der Waals surface area contributed by atoms with Crippen LogP contribution in [-0.2, 0) is 6.54 Å². The lowest BCUT2D eigenvalue weighted by Gasteiger charge is -2.08. The molecule has 0 fully saturated rings. The summed E-state index contributed by atoms with van der Waals surface area (Å²) in [4.78, 5) is 36.4. The number of hydrogen-bond donors (Lipinski definition) is 1. The molecule has 0 radical (unpaired) electrons.